The highest BCUT2D eigenvalue weighted by molar-refractivity contribution is 6.59. The van der Waals surface area contributed by atoms with E-state index in [-0.39, 0.29) is 0 Å². The van der Waals surface area contributed by atoms with E-state index in [9.17, 15) is 0 Å². The molecule has 0 spiro atoms. The number of nitrogens with zero attached hydrogens (tertiary/aromatic N) is 1. The molecular weight excluding hydrogens is 141 g/mol. The molecule has 1 aromatic carbocycles. The SMILES string of the molecule is Bc1cc(B)c(C#N)c(B)c1B. The van der Waals surface area contributed by atoms with Gasteiger partial charge in [-0.15, -0.1) is 5.46 Å². The van der Waals surface area contributed by atoms with Crippen LogP contribution in [0.5, 0.6) is 0 Å². The molecule has 1 nitrogen and oxygen atoms in total. The standard InChI is InChI=1S/C7H9B4N/c8-4-1-5(9)7(11)6(10)3(4)2-12/h1H,8-11H2. The fourth-order valence-electron chi connectivity index (χ4n) is 1.46. The van der Waals surface area contributed by atoms with Gasteiger partial charge in [-0.25, -0.2) is 0 Å². The first-order chi connectivity index (χ1) is 5.57. The molecule has 0 radical (unpaired) electrons. The average molecular weight is 150 g/mol. The molecule has 5 heteroatoms. The van der Waals surface area contributed by atoms with Gasteiger partial charge in [0.05, 0.1) is 6.07 Å². The van der Waals surface area contributed by atoms with Crippen molar-refractivity contribution in [3.05, 3.63) is 11.6 Å². The summed E-state index contributed by atoms with van der Waals surface area (Å²) in [4.78, 5) is 0. The molecule has 1 rings (SSSR count). The third-order valence-electron chi connectivity index (χ3n) is 2.47. The number of nitriles is 1. The van der Waals surface area contributed by atoms with Crippen molar-refractivity contribution in [1.82, 2.24) is 0 Å². The van der Waals surface area contributed by atoms with E-state index in [2.05, 4.69) is 27.8 Å². The highest BCUT2D eigenvalue weighted by Crippen LogP contribution is 1.81. The van der Waals surface area contributed by atoms with Gasteiger partial charge >= 0.3 is 0 Å². The number of hydrogen-bond acceptors (Lipinski definition) is 1. The van der Waals surface area contributed by atoms with Crippen molar-refractivity contribution in [2.24, 2.45) is 0 Å². The Bertz CT molecular complexity index is 367. The fourth-order valence-corrected chi connectivity index (χ4v) is 1.46. The Morgan fingerprint density at radius 3 is 2.08 bits per heavy atom. The smallest absolute Gasteiger partial charge is 0.140 e. The minimum Gasteiger partial charge on any atom is -0.192 e. The summed E-state index contributed by atoms with van der Waals surface area (Å²) in [6.07, 6.45) is 0. The topological polar surface area (TPSA) is 23.8 Å². The Labute approximate surface area is 76.8 Å². The van der Waals surface area contributed by atoms with Gasteiger partial charge in [0.15, 0.2) is 0 Å². The first-order valence-corrected chi connectivity index (χ1v) is 4.05. The van der Waals surface area contributed by atoms with Crippen LogP contribution in [-0.2, 0) is 0 Å². The summed E-state index contributed by atoms with van der Waals surface area (Å²) in [6.45, 7) is 0. The maximum atomic E-state index is 8.86. The molecule has 0 saturated heterocycles. The van der Waals surface area contributed by atoms with Crippen molar-refractivity contribution in [2.45, 2.75) is 0 Å². The second kappa shape index (κ2) is 3.15. The molecule has 0 aliphatic carbocycles. The van der Waals surface area contributed by atoms with Crippen molar-refractivity contribution in [3.8, 4) is 6.07 Å². The lowest BCUT2D eigenvalue weighted by Gasteiger charge is -2.09. The van der Waals surface area contributed by atoms with Crippen LogP contribution in [-0.4, -0.2) is 31.4 Å². The first-order valence-electron chi connectivity index (χ1n) is 4.05. The zero-order valence-electron chi connectivity index (χ0n) is 8.02. The zero-order chi connectivity index (χ0) is 9.30. The molecule has 1 aromatic rings. The maximum Gasteiger partial charge on any atom is 0.140 e. The Morgan fingerprint density at radius 2 is 1.58 bits per heavy atom. The summed E-state index contributed by atoms with van der Waals surface area (Å²) < 4.78 is 0. The number of rotatable bonds is 0. The molecule has 0 aromatic heterocycles. The highest BCUT2D eigenvalue weighted by atomic mass is 14.2. The van der Waals surface area contributed by atoms with Crippen molar-refractivity contribution >= 4 is 53.2 Å². The predicted molar refractivity (Wildman–Crippen MR) is 63.9 cm³/mol. The summed E-state index contributed by atoms with van der Waals surface area (Å²) in [5.41, 5.74) is 5.53. The quantitative estimate of drug-likeness (QED) is 0.339. The van der Waals surface area contributed by atoms with Crippen LogP contribution in [0.25, 0.3) is 0 Å². The first kappa shape index (κ1) is 9.06. The van der Waals surface area contributed by atoms with E-state index in [4.69, 9.17) is 5.26 Å². The van der Waals surface area contributed by atoms with E-state index in [0.717, 1.165) is 16.5 Å². The van der Waals surface area contributed by atoms with Gasteiger partial charge in [-0.05, 0) is 0 Å². The molecule has 54 valence electrons. The molecule has 0 aliphatic rings. The van der Waals surface area contributed by atoms with Crippen LogP contribution < -0.4 is 21.9 Å². The van der Waals surface area contributed by atoms with Crippen LogP contribution in [0.1, 0.15) is 5.56 Å². The van der Waals surface area contributed by atoms with Gasteiger partial charge in [0.25, 0.3) is 0 Å². The molecule has 0 saturated carbocycles. The van der Waals surface area contributed by atoms with E-state index in [0.29, 0.717) is 0 Å². The number of hydrogen-bond donors (Lipinski definition) is 0. The van der Waals surface area contributed by atoms with Crippen LogP contribution >= 0.6 is 0 Å². The largest absolute Gasteiger partial charge is 0.192 e. The third kappa shape index (κ3) is 1.30. The van der Waals surface area contributed by atoms with Crippen molar-refractivity contribution in [2.75, 3.05) is 0 Å². The minimum atomic E-state index is 0.832. The Morgan fingerprint density at radius 1 is 1.00 bits per heavy atom. The number of benzene rings is 1. The van der Waals surface area contributed by atoms with Crippen LogP contribution in [0, 0.1) is 11.3 Å². The molecule has 0 aliphatic heterocycles. The molecule has 0 amide bonds. The Balaban J connectivity index is 3.54. The lowest BCUT2D eigenvalue weighted by molar-refractivity contribution is 1.51. The third-order valence-corrected chi connectivity index (χ3v) is 2.47. The molecule has 12 heavy (non-hydrogen) atoms. The van der Waals surface area contributed by atoms with Gasteiger partial charge in [-0.1, -0.05) is 22.5 Å². The summed E-state index contributed by atoms with van der Waals surface area (Å²) in [5, 5.41) is 8.86. The molecule has 0 heterocycles. The van der Waals surface area contributed by atoms with E-state index in [1.807, 2.05) is 15.7 Å². The molecular formula is C7H9B4N. The van der Waals surface area contributed by atoms with E-state index in [1.54, 1.807) is 0 Å². The summed E-state index contributed by atoms with van der Waals surface area (Å²) in [5.74, 6) is 0. The minimum absolute atomic E-state index is 0.832. The Kier molecular flexibility index (Phi) is 2.37. The van der Waals surface area contributed by atoms with Gasteiger partial charge in [-0.2, -0.15) is 5.26 Å². The van der Waals surface area contributed by atoms with Gasteiger partial charge in [0, 0.05) is 5.56 Å². The van der Waals surface area contributed by atoms with E-state index in [1.165, 1.54) is 10.9 Å². The molecule has 0 fully saturated rings. The van der Waals surface area contributed by atoms with Crippen molar-refractivity contribution in [3.63, 3.8) is 0 Å². The van der Waals surface area contributed by atoms with Gasteiger partial charge in [-0.3, -0.25) is 0 Å². The maximum absolute atomic E-state index is 8.86. The molecule has 0 atom stereocenters. The highest BCUT2D eigenvalue weighted by Gasteiger charge is 2.05. The monoisotopic (exact) mass is 151 g/mol. The van der Waals surface area contributed by atoms with Crippen LogP contribution in [0.2, 0.25) is 0 Å². The molecule has 0 N–H and O–H groups in total. The Hall–Kier alpha value is -1.03. The van der Waals surface area contributed by atoms with Crippen LogP contribution in [0.3, 0.4) is 0 Å². The fraction of sp³-hybridized carbons (Fsp3) is 0. The summed E-state index contributed by atoms with van der Waals surface area (Å²) in [6, 6.07) is 4.30. The second-order valence-corrected chi connectivity index (χ2v) is 3.25. The van der Waals surface area contributed by atoms with Crippen molar-refractivity contribution < 1.29 is 0 Å². The zero-order valence-corrected chi connectivity index (χ0v) is 8.02. The van der Waals surface area contributed by atoms with Gasteiger partial charge in [0.1, 0.15) is 31.4 Å². The molecule has 0 unspecified atom stereocenters. The lowest BCUT2D eigenvalue weighted by Crippen LogP contribution is -2.44. The van der Waals surface area contributed by atoms with E-state index >= 15 is 0 Å². The van der Waals surface area contributed by atoms with Crippen LogP contribution in [0.15, 0.2) is 6.07 Å². The van der Waals surface area contributed by atoms with Crippen molar-refractivity contribution in [1.29, 1.82) is 5.26 Å². The van der Waals surface area contributed by atoms with Gasteiger partial charge in [0.2, 0.25) is 0 Å². The second-order valence-electron chi connectivity index (χ2n) is 3.25. The predicted octanol–water partition coefficient (Wildman–Crippen LogP) is -5.41. The summed E-state index contributed by atoms with van der Waals surface area (Å²) in [7, 11) is 8.13. The normalized spacial score (nSPS) is 9.25. The lowest BCUT2D eigenvalue weighted by atomic mass is 9.67. The van der Waals surface area contributed by atoms with Crippen LogP contribution in [0.4, 0.5) is 0 Å². The van der Waals surface area contributed by atoms with Gasteiger partial charge < -0.3 is 0 Å². The van der Waals surface area contributed by atoms with E-state index < -0.39 is 0 Å². The average Bonchev–Trinajstić information content (AvgIpc) is 2.01. The summed E-state index contributed by atoms with van der Waals surface area (Å²) >= 11 is 0. The molecule has 0 bridgehead atoms.